The summed E-state index contributed by atoms with van der Waals surface area (Å²) < 4.78 is 0. The van der Waals surface area contributed by atoms with Crippen LogP contribution in [-0.4, -0.2) is 5.71 Å². The van der Waals surface area contributed by atoms with E-state index in [9.17, 15) is 0 Å². The predicted octanol–water partition coefficient (Wildman–Crippen LogP) is 3.49. The van der Waals surface area contributed by atoms with Crippen molar-refractivity contribution in [2.75, 3.05) is 0 Å². The normalized spacial score (nSPS) is 12.0. The van der Waals surface area contributed by atoms with Crippen LogP contribution in [0.4, 0.5) is 0 Å². The average molecular weight is 163 g/mol. The van der Waals surface area contributed by atoms with Gasteiger partial charge in [0.05, 0.1) is 0 Å². The van der Waals surface area contributed by atoms with Gasteiger partial charge in [0, 0.05) is 12.1 Å². The van der Waals surface area contributed by atoms with Gasteiger partial charge < -0.3 is 5.41 Å². The number of hydrogen-bond acceptors (Lipinski definition) is 1. The van der Waals surface area contributed by atoms with Crippen molar-refractivity contribution in [3.05, 3.63) is 36.5 Å². The van der Waals surface area contributed by atoms with E-state index in [1.165, 1.54) is 0 Å². The number of nitrogens with one attached hydrogen (secondary N) is 1. The topological polar surface area (TPSA) is 23.9 Å². The molecule has 0 radical (unpaired) electrons. The summed E-state index contributed by atoms with van der Waals surface area (Å²) in [6.45, 7) is 7.68. The van der Waals surface area contributed by atoms with Gasteiger partial charge in [-0.15, -0.1) is 0 Å². The minimum atomic E-state index is 0.727. The van der Waals surface area contributed by atoms with Crippen LogP contribution in [0.2, 0.25) is 0 Å². The second-order valence-electron chi connectivity index (χ2n) is 2.61. The molecule has 0 bridgehead atoms. The molecule has 0 aliphatic rings. The fraction of sp³-hybridized carbons (Fsp3) is 0.364. The molecule has 0 fully saturated rings. The Balaban J connectivity index is 4.17. The standard InChI is InChI=1S/C11H17N/c1-4-7-8-10(5-2)9-11(12)6-3/h4-5,7-8,12H,2,6,9H2,1,3H3/b7-4-,10-8+,12-11?. The molecule has 0 aromatic heterocycles. The molecule has 0 saturated heterocycles. The van der Waals surface area contributed by atoms with E-state index in [0.717, 1.165) is 24.1 Å². The molecule has 12 heavy (non-hydrogen) atoms. The Morgan fingerprint density at radius 3 is 2.58 bits per heavy atom. The molecular formula is C11H17N. The molecule has 0 spiro atoms. The van der Waals surface area contributed by atoms with Crippen molar-refractivity contribution in [2.45, 2.75) is 26.7 Å². The van der Waals surface area contributed by atoms with Gasteiger partial charge in [0.25, 0.3) is 0 Å². The lowest BCUT2D eigenvalue weighted by molar-refractivity contribution is 1.16. The van der Waals surface area contributed by atoms with Crippen LogP contribution in [0.3, 0.4) is 0 Å². The maximum Gasteiger partial charge on any atom is 0.0130 e. The monoisotopic (exact) mass is 163 g/mol. The number of rotatable bonds is 5. The van der Waals surface area contributed by atoms with Crippen molar-refractivity contribution in [2.24, 2.45) is 0 Å². The smallest absolute Gasteiger partial charge is 0.0130 e. The molecular weight excluding hydrogens is 146 g/mol. The summed E-state index contributed by atoms with van der Waals surface area (Å²) in [7, 11) is 0. The third kappa shape index (κ3) is 4.67. The van der Waals surface area contributed by atoms with Crippen LogP contribution in [0.1, 0.15) is 26.7 Å². The largest absolute Gasteiger partial charge is 0.309 e. The zero-order valence-electron chi connectivity index (χ0n) is 7.93. The lowest BCUT2D eigenvalue weighted by Gasteiger charge is -1.99. The average Bonchev–Trinajstić information content (AvgIpc) is 2.11. The van der Waals surface area contributed by atoms with Crippen molar-refractivity contribution in [3.63, 3.8) is 0 Å². The first-order valence-corrected chi connectivity index (χ1v) is 4.25. The molecule has 0 aromatic carbocycles. The minimum absolute atomic E-state index is 0.727. The van der Waals surface area contributed by atoms with E-state index in [-0.39, 0.29) is 0 Å². The highest BCUT2D eigenvalue weighted by molar-refractivity contribution is 5.83. The van der Waals surface area contributed by atoms with Gasteiger partial charge in [-0.1, -0.05) is 37.8 Å². The lowest BCUT2D eigenvalue weighted by atomic mass is 10.1. The highest BCUT2D eigenvalue weighted by Crippen LogP contribution is 2.05. The lowest BCUT2D eigenvalue weighted by Crippen LogP contribution is -1.94. The predicted molar refractivity (Wildman–Crippen MR) is 55.7 cm³/mol. The summed E-state index contributed by atoms with van der Waals surface area (Å²) >= 11 is 0. The van der Waals surface area contributed by atoms with Gasteiger partial charge >= 0.3 is 0 Å². The van der Waals surface area contributed by atoms with Crippen LogP contribution in [0.15, 0.2) is 36.5 Å². The third-order valence-corrected chi connectivity index (χ3v) is 1.61. The molecule has 66 valence electrons. The highest BCUT2D eigenvalue weighted by Gasteiger charge is 1.94. The Morgan fingerprint density at radius 2 is 2.17 bits per heavy atom. The Labute approximate surface area is 75.0 Å². The van der Waals surface area contributed by atoms with Crippen molar-refractivity contribution >= 4 is 5.71 Å². The molecule has 0 amide bonds. The van der Waals surface area contributed by atoms with Crippen LogP contribution < -0.4 is 0 Å². The fourth-order valence-corrected chi connectivity index (χ4v) is 0.790. The van der Waals surface area contributed by atoms with Gasteiger partial charge in [-0.3, -0.25) is 0 Å². The van der Waals surface area contributed by atoms with E-state index in [2.05, 4.69) is 6.58 Å². The van der Waals surface area contributed by atoms with Crippen molar-refractivity contribution < 1.29 is 0 Å². The van der Waals surface area contributed by atoms with Gasteiger partial charge in [0.2, 0.25) is 0 Å². The number of hydrogen-bond donors (Lipinski definition) is 1. The Kier molecular flexibility index (Phi) is 5.98. The van der Waals surface area contributed by atoms with Gasteiger partial charge in [-0.25, -0.2) is 0 Å². The first kappa shape index (κ1) is 10.9. The molecule has 0 aromatic rings. The van der Waals surface area contributed by atoms with Gasteiger partial charge in [-0.2, -0.15) is 0 Å². The SMILES string of the molecule is C=C/C(=C\C=C/C)CC(=N)CC. The van der Waals surface area contributed by atoms with E-state index in [1.54, 1.807) is 0 Å². The summed E-state index contributed by atoms with van der Waals surface area (Å²) in [5.74, 6) is 0. The van der Waals surface area contributed by atoms with Crippen LogP contribution >= 0.6 is 0 Å². The number of allylic oxidation sites excluding steroid dienone is 5. The van der Waals surface area contributed by atoms with E-state index in [1.807, 2.05) is 38.2 Å². The van der Waals surface area contributed by atoms with Crippen LogP contribution in [0.5, 0.6) is 0 Å². The molecule has 0 aliphatic carbocycles. The third-order valence-electron chi connectivity index (χ3n) is 1.61. The first-order valence-electron chi connectivity index (χ1n) is 4.25. The fourth-order valence-electron chi connectivity index (χ4n) is 0.790. The molecule has 0 aliphatic heterocycles. The molecule has 0 heterocycles. The van der Waals surface area contributed by atoms with E-state index < -0.39 is 0 Å². The van der Waals surface area contributed by atoms with Gasteiger partial charge in [0.15, 0.2) is 0 Å². The van der Waals surface area contributed by atoms with E-state index in [0.29, 0.717) is 0 Å². The van der Waals surface area contributed by atoms with Crippen LogP contribution in [0.25, 0.3) is 0 Å². The molecule has 0 unspecified atom stereocenters. The Bertz CT molecular complexity index is 209. The summed E-state index contributed by atoms with van der Waals surface area (Å²) in [6.07, 6.45) is 9.30. The molecule has 1 nitrogen and oxygen atoms in total. The zero-order valence-corrected chi connectivity index (χ0v) is 7.93. The van der Waals surface area contributed by atoms with E-state index >= 15 is 0 Å². The zero-order chi connectivity index (χ0) is 9.40. The molecule has 0 atom stereocenters. The van der Waals surface area contributed by atoms with Gasteiger partial charge in [-0.05, 0) is 18.9 Å². The van der Waals surface area contributed by atoms with Crippen molar-refractivity contribution in [1.82, 2.24) is 0 Å². The van der Waals surface area contributed by atoms with Gasteiger partial charge in [0.1, 0.15) is 0 Å². The molecule has 0 rings (SSSR count). The quantitative estimate of drug-likeness (QED) is 0.474. The van der Waals surface area contributed by atoms with Crippen molar-refractivity contribution in [3.8, 4) is 0 Å². The summed E-state index contributed by atoms with van der Waals surface area (Å²) in [5.41, 5.74) is 1.87. The second kappa shape index (κ2) is 6.59. The maximum atomic E-state index is 7.49. The van der Waals surface area contributed by atoms with Crippen molar-refractivity contribution in [1.29, 1.82) is 5.41 Å². The first-order chi connectivity index (χ1) is 5.74. The van der Waals surface area contributed by atoms with E-state index in [4.69, 9.17) is 5.41 Å². The summed E-state index contributed by atoms with van der Waals surface area (Å²) in [6, 6.07) is 0. The summed E-state index contributed by atoms with van der Waals surface area (Å²) in [5, 5.41) is 7.49. The van der Waals surface area contributed by atoms with Crippen LogP contribution in [0, 0.1) is 5.41 Å². The molecule has 0 saturated carbocycles. The maximum absolute atomic E-state index is 7.49. The second-order valence-corrected chi connectivity index (χ2v) is 2.61. The Hall–Kier alpha value is -1.11. The minimum Gasteiger partial charge on any atom is -0.309 e. The van der Waals surface area contributed by atoms with Crippen LogP contribution in [-0.2, 0) is 0 Å². The molecule has 1 heteroatoms. The molecule has 1 N–H and O–H groups in total. The Morgan fingerprint density at radius 1 is 1.50 bits per heavy atom. The summed E-state index contributed by atoms with van der Waals surface area (Å²) in [4.78, 5) is 0. The highest BCUT2D eigenvalue weighted by atomic mass is 14.4.